The number of rotatable bonds is 4. The average Bonchev–Trinajstić information content (AvgIpc) is 3.85. The number of hydrogen-bond acceptors (Lipinski definition) is 7. The minimum Gasteiger partial charge on any atom is -0.359 e. The quantitative estimate of drug-likeness (QED) is 0.267. The molecule has 0 unspecified atom stereocenters. The number of hydrogen-bond donors (Lipinski definition) is 1. The van der Waals surface area contributed by atoms with Crippen LogP contribution in [0.1, 0.15) is 52.9 Å². The predicted molar refractivity (Wildman–Crippen MR) is 172 cm³/mol. The van der Waals surface area contributed by atoms with Crippen molar-refractivity contribution in [2.45, 2.75) is 24.8 Å². The van der Waals surface area contributed by atoms with Crippen molar-refractivity contribution < 1.29 is 0 Å². The molecule has 1 N–H and O–H groups in total. The molecular formula is C37H30N8. The van der Waals surface area contributed by atoms with Crippen LogP contribution in [-0.2, 0) is 11.0 Å². The van der Waals surface area contributed by atoms with E-state index >= 15 is 0 Å². The standard InChI is InChI=1S/C37H30N8/c1-23-24(2)45(22-44(23)3)37(33-20-40-15-10-29(33)30-11-16-41-21-34(30)37)26-6-4-25(5-7-26)36(35-12-17-42-43-35)31-18-38-13-8-27(31)28-9-14-39-19-32(28)36/h4-21H,22H2,1-3H3,(H,42,43). The van der Waals surface area contributed by atoms with E-state index in [9.17, 15) is 0 Å². The fraction of sp³-hybridized carbons (Fsp3) is 0.162. The van der Waals surface area contributed by atoms with Crippen molar-refractivity contribution in [1.82, 2.24) is 39.9 Å². The molecule has 5 aromatic heterocycles. The maximum Gasteiger partial charge on any atom is 0.122 e. The van der Waals surface area contributed by atoms with Crippen molar-refractivity contribution in [2.75, 3.05) is 13.7 Å². The Kier molecular flexibility index (Phi) is 5.27. The number of fused-ring (bicyclic) bond motifs is 6. The number of aromatic amines is 1. The van der Waals surface area contributed by atoms with Gasteiger partial charge in [0.1, 0.15) is 5.54 Å². The van der Waals surface area contributed by atoms with Gasteiger partial charge >= 0.3 is 0 Å². The number of aromatic nitrogens is 6. The molecule has 0 spiro atoms. The third kappa shape index (κ3) is 3.13. The van der Waals surface area contributed by atoms with Gasteiger partial charge in [-0.25, -0.2) is 0 Å². The normalized spacial score (nSPS) is 16.9. The Hall–Kier alpha value is -5.63. The summed E-state index contributed by atoms with van der Waals surface area (Å²) in [5.74, 6) is 0. The zero-order chi connectivity index (χ0) is 30.3. The summed E-state index contributed by atoms with van der Waals surface area (Å²) in [6, 6.07) is 19.7. The summed E-state index contributed by atoms with van der Waals surface area (Å²) in [5.41, 5.74) is 13.7. The van der Waals surface area contributed by atoms with Crippen molar-refractivity contribution in [1.29, 1.82) is 0 Å². The van der Waals surface area contributed by atoms with Crippen molar-refractivity contribution in [3.8, 4) is 22.3 Å². The first-order chi connectivity index (χ1) is 22.1. The lowest BCUT2D eigenvalue weighted by atomic mass is 9.70. The summed E-state index contributed by atoms with van der Waals surface area (Å²) in [6.07, 6.45) is 17.4. The number of H-pyrrole nitrogens is 1. The average molecular weight is 587 g/mol. The van der Waals surface area contributed by atoms with Crippen LogP contribution >= 0.6 is 0 Å². The van der Waals surface area contributed by atoms with Gasteiger partial charge in [-0.15, -0.1) is 0 Å². The first-order valence-corrected chi connectivity index (χ1v) is 15.1. The molecule has 0 saturated heterocycles. The van der Waals surface area contributed by atoms with Crippen LogP contribution < -0.4 is 0 Å². The van der Waals surface area contributed by atoms with Gasteiger partial charge in [0, 0.05) is 85.3 Å². The van der Waals surface area contributed by atoms with Crippen molar-refractivity contribution in [2.24, 2.45) is 0 Å². The Bertz CT molecular complexity index is 2060. The molecule has 0 bridgehead atoms. The number of nitrogens with one attached hydrogen (secondary N) is 1. The van der Waals surface area contributed by atoms with Crippen LogP contribution in [0.3, 0.4) is 0 Å². The minimum absolute atomic E-state index is 0.614. The predicted octanol–water partition coefficient (Wildman–Crippen LogP) is 6.08. The molecule has 0 atom stereocenters. The molecule has 8 heteroatoms. The van der Waals surface area contributed by atoms with E-state index in [1.807, 2.05) is 55.8 Å². The van der Waals surface area contributed by atoms with Gasteiger partial charge in [0.2, 0.25) is 0 Å². The summed E-state index contributed by atoms with van der Waals surface area (Å²) >= 11 is 0. The summed E-state index contributed by atoms with van der Waals surface area (Å²) in [4.78, 5) is 23.4. The van der Waals surface area contributed by atoms with E-state index in [-0.39, 0.29) is 0 Å². The zero-order valence-corrected chi connectivity index (χ0v) is 25.2. The third-order valence-electron chi connectivity index (χ3n) is 10.4. The maximum atomic E-state index is 4.67. The van der Waals surface area contributed by atoms with Gasteiger partial charge in [0.25, 0.3) is 0 Å². The first-order valence-electron chi connectivity index (χ1n) is 15.1. The van der Waals surface area contributed by atoms with Gasteiger partial charge in [-0.1, -0.05) is 24.3 Å². The van der Waals surface area contributed by atoms with E-state index in [2.05, 4.69) is 115 Å². The molecule has 6 heterocycles. The molecule has 0 radical (unpaired) electrons. The summed E-state index contributed by atoms with van der Waals surface area (Å²) < 4.78 is 0. The molecule has 0 amide bonds. The van der Waals surface area contributed by atoms with Gasteiger partial charge in [0.15, 0.2) is 0 Å². The monoisotopic (exact) mass is 586 g/mol. The van der Waals surface area contributed by atoms with Crippen LogP contribution in [0, 0.1) is 0 Å². The Morgan fingerprint density at radius 1 is 0.578 bits per heavy atom. The topological polar surface area (TPSA) is 86.7 Å². The van der Waals surface area contributed by atoms with Crippen LogP contribution in [0.5, 0.6) is 0 Å². The van der Waals surface area contributed by atoms with Crippen LogP contribution in [0.15, 0.2) is 122 Å². The fourth-order valence-corrected chi connectivity index (χ4v) is 8.18. The third-order valence-corrected chi connectivity index (χ3v) is 10.4. The molecule has 45 heavy (non-hydrogen) atoms. The van der Waals surface area contributed by atoms with Crippen molar-refractivity contribution >= 4 is 0 Å². The second-order valence-corrected chi connectivity index (χ2v) is 12.1. The van der Waals surface area contributed by atoms with E-state index in [1.165, 1.54) is 22.5 Å². The molecular weight excluding hydrogens is 556 g/mol. The van der Waals surface area contributed by atoms with E-state index in [4.69, 9.17) is 0 Å². The number of pyridine rings is 4. The van der Waals surface area contributed by atoms with E-state index < -0.39 is 11.0 Å². The lowest BCUT2D eigenvalue weighted by Gasteiger charge is -2.43. The van der Waals surface area contributed by atoms with Gasteiger partial charge in [-0.3, -0.25) is 25.0 Å². The summed E-state index contributed by atoms with van der Waals surface area (Å²) in [5, 5.41) is 7.73. The lowest BCUT2D eigenvalue weighted by Crippen LogP contribution is -2.46. The summed E-state index contributed by atoms with van der Waals surface area (Å²) in [7, 11) is 2.16. The van der Waals surface area contributed by atoms with Crippen LogP contribution in [0.25, 0.3) is 22.3 Å². The number of allylic oxidation sites excluding steroid dienone is 2. The highest BCUT2D eigenvalue weighted by Crippen LogP contribution is 2.58. The van der Waals surface area contributed by atoms with Gasteiger partial charge in [-0.2, -0.15) is 5.10 Å². The molecule has 6 aromatic rings. The molecule has 0 fully saturated rings. The highest BCUT2D eigenvalue weighted by atomic mass is 15.4. The first kappa shape index (κ1) is 25.8. The second kappa shape index (κ2) is 9.19. The smallest absolute Gasteiger partial charge is 0.122 e. The van der Waals surface area contributed by atoms with E-state index in [0.717, 1.165) is 56.9 Å². The van der Waals surface area contributed by atoms with Gasteiger partial charge in [0.05, 0.1) is 17.8 Å². The number of nitrogens with zero attached hydrogens (tertiary/aromatic N) is 7. The molecule has 2 aliphatic carbocycles. The van der Waals surface area contributed by atoms with Gasteiger partial charge < -0.3 is 9.80 Å². The minimum atomic E-state index is -0.649. The molecule has 218 valence electrons. The van der Waals surface area contributed by atoms with E-state index in [0.29, 0.717) is 0 Å². The second-order valence-electron chi connectivity index (χ2n) is 12.1. The lowest BCUT2D eigenvalue weighted by molar-refractivity contribution is 0.181. The van der Waals surface area contributed by atoms with E-state index in [1.54, 1.807) is 0 Å². The SMILES string of the molecule is CC1=C(C)N(C2(c3ccc(C4(c5ccn[nH]5)c5cnccc5-c5ccncc54)cc3)c3cnccc3-c3ccncc32)CN1C. The number of benzene rings is 1. The van der Waals surface area contributed by atoms with Gasteiger partial charge in [-0.05, 0) is 88.7 Å². The zero-order valence-electron chi connectivity index (χ0n) is 25.2. The Morgan fingerprint density at radius 2 is 1.07 bits per heavy atom. The molecule has 8 nitrogen and oxygen atoms in total. The Labute approximate surface area is 261 Å². The van der Waals surface area contributed by atoms with Crippen LogP contribution in [0.4, 0.5) is 0 Å². The Balaban J connectivity index is 1.32. The maximum absolute atomic E-state index is 4.67. The van der Waals surface area contributed by atoms with Crippen LogP contribution in [0.2, 0.25) is 0 Å². The molecule has 9 rings (SSSR count). The largest absolute Gasteiger partial charge is 0.359 e. The fourth-order valence-electron chi connectivity index (χ4n) is 8.18. The van der Waals surface area contributed by atoms with Crippen LogP contribution in [-0.4, -0.2) is 53.6 Å². The molecule has 3 aliphatic rings. The highest BCUT2D eigenvalue weighted by Gasteiger charge is 2.53. The molecule has 1 aliphatic heterocycles. The summed E-state index contributed by atoms with van der Waals surface area (Å²) in [6.45, 7) is 5.16. The molecule has 1 aromatic carbocycles. The molecule has 0 saturated carbocycles. The highest BCUT2D eigenvalue weighted by molar-refractivity contribution is 5.85. The Morgan fingerprint density at radius 3 is 1.53 bits per heavy atom. The van der Waals surface area contributed by atoms with Crippen molar-refractivity contribution in [3.05, 3.63) is 161 Å². The van der Waals surface area contributed by atoms with Crippen molar-refractivity contribution in [3.63, 3.8) is 0 Å².